The summed E-state index contributed by atoms with van der Waals surface area (Å²) in [5, 5.41) is 1.06. The van der Waals surface area contributed by atoms with Gasteiger partial charge in [-0.2, -0.15) is 0 Å². The molecule has 8 heteroatoms. The molecule has 0 bridgehead atoms. The second-order valence-electron chi connectivity index (χ2n) is 8.28. The highest BCUT2D eigenvalue weighted by molar-refractivity contribution is 7.98. The number of ether oxygens (including phenoxy) is 1. The first-order chi connectivity index (χ1) is 16.9. The molecule has 0 aliphatic carbocycles. The van der Waals surface area contributed by atoms with E-state index in [4.69, 9.17) is 4.74 Å². The number of thioether (sulfide) groups is 1. The average Bonchev–Trinajstić information content (AvgIpc) is 3.34. The smallest absolute Gasteiger partial charge is 0.338 e. The Morgan fingerprint density at radius 1 is 1.20 bits per heavy atom. The van der Waals surface area contributed by atoms with Crippen LogP contribution in [0.25, 0.3) is 17.0 Å². The highest BCUT2D eigenvalue weighted by Gasteiger charge is 2.33. The normalized spacial score (nSPS) is 15.9. The van der Waals surface area contributed by atoms with Crippen LogP contribution in [-0.2, 0) is 9.53 Å². The third kappa shape index (κ3) is 4.06. The summed E-state index contributed by atoms with van der Waals surface area (Å²) in [6.07, 6.45) is 3.94. The fourth-order valence-corrected chi connectivity index (χ4v) is 5.95. The van der Waals surface area contributed by atoms with Gasteiger partial charge in [0.15, 0.2) is 4.80 Å². The number of aromatic nitrogens is 2. The first-order valence-electron chi connectivity index (χ1n) is 11.3. The Kier molecular flexibility index (Phi) is 6.25. The maximum absolute atomic E-state index is 13.8. The van der Waals surface area contributed by atoms with Crippen LogP contribution in [-0.4, -0.2) is 28.4 Å². The number of nitrogens with one attached hydrogen (secondary N) is 1. The first kappa shape index (κ1) is 23.4. The van der Waals surface area contributed by atoms with Crippen molar-refractivity contribution in [1.82, 2.24) is 9.55 Å². The number of H-pyrrole nitrogens is 1. The molecule has 0 fully saturated rings. The number of para-hydroxylation sites is 1. The summed E-state index contributed by atoms with van der Waals surface area (Å²) < 4.78 is 7.58. The molecular formula is C27H25N3O3S2. The SMILES string of the molecule is CCOC(=O)C1=C(C)N=c2s/c(=C\c3c(C)[nH]c4ccccc34)c(=O)n2[C@H]1c1ccc(SC)cc1. The Labute approximate surface area is 210 Å². The van der Waals surface area contributed by atoms with Gasteiger partial charge >= 0.3 is 5.97 Å². The number of aryl methyl sites for hydroxylation is 1. The fourth-order valence-electron chi connectivity index (χ4n) is 4.51. The molecule has 4 aromatic rings. The van der Waals surface area contributed by atoms with E-state index in [1.165, 1.54) is 11.3 Å². The number of esters is 1. The third-order valence-electron chi connectivity index (χ3n) is 6.17. The minimum Gasteiger partial charge on any atom is -0.463 e. The van der Waals surface area contributed by atoms with E-state index in [-0.39, 0.29) is 12.2 Å². The molecule has 1 atom stereocenters. The minimum absolute atomic E-state index is 0.174. The number of allylic oxidation sites excluding steroid dienone is 1. The molecule has 178 valence electrons. The lowest BCUT2D eigenvalue weighted by atomic mass is 9.96. The molecule has 0 unspecified atom stereocenters. The van der Waals surface area contributed by atoms with Crippen LogP contribution in [0.1, 0.15) is 36.7 Å². The van der Waals surface area contributed by atoms with Gasteiger partial charge in [-0.1, -0.05) is 41.7 Å². The van der Waals surface area contributed by atoms with E-state index in [0.717, 1.165) is 32.6 Å². The zero-order chi connectivity index (χ0) is 24.7. The van der Waals surface area contributed by atoms with Gasteiger partial charge in [-0.15, -0.1) is 11.8 Å². The van der Waals surface area contributed by atoms with E-state index in [1.54, 1.807) is 30.2 Å². The Balaban J connectivity index is 1.75. The van der Waals surface area contributed by atoms with Gasteiger partial charge in [0.1, 0.15) is 0 Å². The zero-order valence-electron chi connectivity index (χ0n) is 19.9. The van der Waals surface area contributed by atoms with Crippen LogP contribution in [0, 0.1) is 6.92 Å². The molecule has 0 spiro atoms. The number of aromatic amines is 1. The van der Waals surface area contributed by atoms with Crippen LogP contribution in [0.5, 0.6) is 0 Å². The van der Waals surface area contributed by atoms with Crippen molar-refractivity contribution in [3.63, 3.8) is 0 Å². The number of carbonyl (C=O) groups is 1. The van der Waals surface area contributed by atoms with Crippen LogP contribution in [0.4, 0.5) is 0 Å². The number of thiazole rings is 1. The molecule has 0 saturated heterocycles. The van der Waals surface area contributed by atoms with E-state index in [2.05, 4.69) is 9.98 Å². The van der Waals surface area contributed by atoms with Crippen molar-refractivity contribution in [3.8, 4) is 0 Å². The lowest BCUT2D eigenvalue weighted by Crippen LogP contribution is -2.39. The maximum Gasteiger partial charge on any atom is 0.338 e. The predicted molar refractivity (Wildman–Crippen MR) is 142 cm³/mol. The maximum atomic E-state index is 13.8. The summed E-state index contributed by atoms with van der Waals surface area (Å²) in [4.78, 5) is 36.6. The number of rotatable bonds is 5. The molecule has 1 aliphatic rings. The molecule has 1 aliphatic heterocycles. The molecule has 0 radical (unpaired) electrons. The van der Waals surface area contributed by atoms with E-state index < -0.39 is 12.0 Å². The monoisotopic (exact) mass is 503 g/mol. The van der Waals surface area contributed by atoms with E-state index in [0.29, 0.717) is 20.6 Å². The van der Waals surface area contributed by atoms with Crippen molar-refractivity contribution in [2.75, 3.05) is 12.9 Å². The van der Waals surface area contributed by atoms with Gasteiger partial charge in [0.25, 0.3) is 5.56 Å². The number of nitrogens with zero attached hydrogens (tertiary/aromatic N) is 2. The largest absolute Gasteiger partial charge is 0.463 e. The second-order valence-corrected chi connectivity index (χ2v) is 10.2. The van der Waals surface area contributed by atoms with Crippen molar-refractivity contribution in [2.45, 2.75) is 31.7 Å². The van der Waals surface area contributed by atoms with Crippen molar-refractivity contribution in [2.24, 2.45) is 4.99 Å². The molecule has 3 heterocycles. The summed E-state index contributed by atoms with van der Waals surface area (Å²) in [5.74, 6) is -0.450. The van der Waals surface area contributed by atoms with Gasteiger partial charge in [0.2, 0.25) is 0 Å². The van der Waals surface area contributed by atoms with Gasteiger partial charge in [-0.05, 0) is 56.9 Å². The van der Waals surface area contributed by atoms with Gasteiger partial charge in [0, 0.05) is 27.1 Å². The van der Waals surface area contributed by atoms with Crippen molar-refractivity contribution in [3.05, 3.63) is 96.3 Å². The van der Waals surface area contributed by atoms with E-state index in [9.17, 15) is 9.59 Å². The van der Waals surface area contributed by atoms with Gasteiger partial charge < -0.3 is 9.72 Å². The zero-order valence-corrected chi connectivity index (χ0v) is 21.5. The Bertz CT molecular complexity index is 1660. The molecule has 2 aromatic heterocycles. The average molecular weight is 504 g/mol. The first-order valence-corrected chi connectivity index (χ1v) is 13.4. The standard InChI is InChI=1S/C27H25N3O3S2/c1-5-33-26(32)23-16(3)29-27-30(24(23)17-10-12-18(34-4)13-11-17)25(31)22(35-27)14-20-15(2)28-21-9-7-6-8-19(20)21/h6-14,24,28H,5H2,1-4H3/b22-14-/t24-/m0/s1. The molecule has 35 heavy (non-hydrogen) atoms. The highest BCUT2D eigenvalue weighted by atomic mass is 32.2. The summed E-state index contributed by atoms with van der Waals surface area (Å²) in [7, 11) is 0. The highest BCUT2D eigenvalue weighted by Crippen LogP contribution is 2.31. The molecule has 2 aromatic carbocycles. The number of carbonyl (C=O) groups excluding carboxylic acids is 1. The number of benzene rings is 2. The van der Waals surface area contributed by atoms with Crippen molar-refractivity contribution in [1.29, 1.82) is 0 Å². The summed E-state index contributed by atoms with van der Waals surface area (Å²) in [6.45, 7) is 5.82. The van der Waals surface area contributed by atoms with Gasteiger partial charge in [-0.25, -0.2) is 9.79 Å². The Morgan fingerprint density at radius 3 is 2.66 bits per heavy atom. The molecular weight excluding hydrogens is 478 g/mol. The van der Waals surface area contributed by atoms with Gasteiger partial charge in [-0.3, -0.25) is 9.36 Å². The number of hydrogen-bond acceptors (Lipinski definition) is 6. The van der Waals surface area contributed by atoms with Crippen molar-refractivity contribution >= 4 is 46.0 Å². The predicted octanol–water partition coefficient (Wildman–Crippen LogP) is 4.31. The van der Waals surface area contributed by atoms with E-state index >= 15 is 0 Å². The number of fused-ring (bicyclic) bond motifs is 2. The quantitative estimate of drug-likeness (QED) is 0.325. The topological polar surface area (TPSA) is 76.4 Å². The lowest BCUT2D eigenvalue weighted by molar-refractivity contribution is -0.139. The third-order valence-corrected chi connectivity index (χ3v) is 7.89. The Morgan fingerprint density at radius 2 is 1.94 bits per heavy atom. The van der Waals surface area contributed by atoms with Crippen LogP contribution < -0.4 is 14.9 Å². The molecule has 0 saturated carbocycles. The fraction of sp³-hybridized carbons (Fsp3) is 0.222. The molecule has 1 N–H and O–H groups in total. The second kappa shape index (κ2) is 9.36. The molecule has 0 amide bonds. The molecule has 5 rings (SSSR count). The van der Waals surface area contributed by atoms with Crippen LogP contribution in [0.15, 0.2) is 74.5 Å². The lowest BCUT2D eigenvalue weighted by Gasteiger charge is -2.24. The summed E-state index contributed by atoms with van der Waals surface area (Å²) in [5.41, 5.74) is 4.63. The minimum atomic E-state index is -0.604. The number of hydrogen-bond donors (Lipinski definition) is 1. The summed E-state index contributed by atoms with van der Waals surface area (Å²) >= 11 is 2.98. The van der Waals surface area contributed by atoms with E-state index in [1.807, 2.05) is 67.8 Å². The van der Waals surface area contributed by atoms with Crippen LogP contribution in [0.2, 0.25) is 0 Å². The Hall–Kier alpha value is -3.36. The van der Waals surface area contributed by atoms with Crippen molar-refractivity contribution < 1.29 is 9.53 Å². The van der Waals surface area contributed by atoms with Gasteiger partial charge in [0.05, 0.1) is 28.5 Å². The summed E-state index contributed by atoms with van der Waals surface area (Å²) in [6, 6.07) is 15.4. The van der Waals surface area contributed by atoms with Crippen LogP contribution >= 0.6 is 23.1 Å². The molecule has 6 nitrogen and oxygen atoms in total. The van der Waals surface area contributed by atoms with Crippen LogP contribution in [0.3, 0.4) is 0 Å².